The normalized spacial score (nSPS) is 14.2. The highest BCUT2D eigenvalue weighted by Crippen LogP contribution is 2.45. The Balaban J connectivity index is 5.16. The minimum Gasteiger partial charge on any atom is -0.462 e. The molecule has 0 aromatic rings. The fourth-order valence-electron chi connectivity index (χ4n) is 9.58. The van der Waals surface area contributed by atoms with E-state index in [-0.39, 0.29) is 25.7 Å². The number of unbranched alkanes of at least 4 members (excludes halogenated alkanes) is 36. The second kappa shape index (κ2) is 57.8. The van der Waals surface area contributed by atoms with Crippen molar-refractivity contribution in [3.05, 3.63) is 0 Å². The Bertz CT molecular complexity index is 1620. The van der Waals surface area contributed by atoms with Gasteiger partial charge in [-0.05, 0) is 31.6 Å². The molecule has 0 aliphatic rings. The van der Waals surface area contributed by atoms with E-state index in [0.717, 1.165) is 102 Å². The summed E-state index contributed by atoms with van der Waals surface area (Å²) in [6, 6.07) is 0. The molecule has 3 N–H and O–H groups in total. The van der Waals surface area contributed by atoms with Gasteiger partial charge in [-0.1, -0.05) is 272 Å². The van der Waals surface area contributed by atoms with E-state index in [1.807, 2.05) is 0 Å². The summed E-state index contributed by atoms with van der Waals surface area (Å²) in [6.45, 7) is 7.12. The van der Waals surface area contributed by atoms with Gasteiger partial charge in [0.1, 0.15) is 19.3 Å². The number of hydrogen-bond acceptors (Lipinski definition) is 15. The van der Waals surface area contributed by atoms with Gasteiger partial charge in [0.15, 0.2) is 12.2 Å². The summed E-state index contributed by atoms with van der Waals surface area (Å²) in [4.78, 5) is 72.0. The molecule has 0 saturated carbocycles. The molecule has 83 heavy (non-hydrogen) atoms. The van der Waals surface area contributed by atoms with Crippen molar-refractivity contribution in [2.45, 2.75) is 342 Å². The molecule has 2 unspecified atom stereocenters. The van der Waals surface area contributed by atoms with Gasteiger partial charge in [0, 0.05) is 25.7 Å². The molecule has 0 heterocycles. The first kappa shape index (κ1) is 81.1. The summed E-state index contributed by atoms with van der Waals surface area (Å²) in [5.74, 6) is -1.35. The van der Waals surface area contributed by atoms with Crippen LogP contribution in [0.1, 0.15) is 324 Å². The van der Waals surface area contributed by atoms with Crippen LogP contribution >= 0.6 is 15.6 Å². The van der Waals surface area contributed by atoms with E-state index in [1.54, 1.807) is 0 Å². The maximum absolute atomic E-state index is 13.0. The van der Waals surface area contributed by atoms with Crippen molar-refractivity contribution < 1.29 is 80.2 Å². The highest BCUT2D eigenvalue weighted by molar-refractivity contribution is 7.47. The van der Waals surface area contributed by atoms with Crippen molar-refractivity contribution in [3.8, 4) is 0 Å². The number of ether oxygens (including phenoxy) is 4. The van der Waals surface area contributed by atoms with Crippen LogP contribution in [0, 0.1) is 5.92 Å². The van der Waals surface area contributed by atoms with Crippen LogP contribution in [0.5, 0.6) is 0 Å². The fourth-order valence-corrected chi connectivity index (χ4v) is 11.2. The van der Waals surface area contributed by atoms with Crippen LogP contribution in [0.4, 0.5) is 0 Å². The molecule has 0 aromatic heterocycles. The lowest BCUT2D eigenvalue weighted by atomic mass is 10.0. The summed E-state index contributed by atoms with van der Waals surface area (Å²) < 4.78 is 67.8. The molecule has 0 aliphatic carbocycles. The van der Waals surface area contributed by atoms with E-state index >= 15 is 0 Å². The standard InChI is InChI=1S/C64H124O17P2/c1-6-9-12-15-17-19-24-29-33-38-43-48-62(67)75-54-60(81-64(69)50-45-40-35-31-27-23-21-22-26-28-32-37-41-46-57(4)5)56-79-83(72,73)77-52-58(65)51-76-82(70,71)78-55-59(53-74-61(66)47-42-36-14-11-8-3)80-63(68)49-44-39-34-30-25-20-18-16-13-10-7-2/h57-60,65H,6-56H2,1-5H3,(H,70,71)(H,72,73)/t58-,59+,60+/m0/s1. The highest BCUT2D eigenvalue weighted by Gasteiger charge is 2.30. The number of esters is 4. The van der Waals surface area contributed by atoms with Crippen LogP contribution < -0.4 is 0 Å². The summed E-state index contributed by atoms with van der Waals surface area (Å²) in [5.41, 5.74) is 0. The first-order chi connectivity index (χ1) is 40.0. The molecule has 0 aliphatic heterocycles. The van der Waals surface area contributed by atoms with Crippen molar-refractivity contribution in [1.82, 2.24) is 0 Å². The van der Waals surface area contributed by atoms with Gasteiger partial charge in [0.2, 0.25) is 0 Å². The lowest BCUT2D eigenvalue weighted by molar-refractivity contribution is -0.161. The van der Waals surface area contributed by atoms with Crippen LogP contribution in [0.2, 0.25) is 0 Å². The van der Waals surface area contributed by atoms with Crippen LogP contribution in [0.25, 0.3) is 0 Å². The third-order valence-corrected chi connectivity index (χ3v) is 16.7. The summed E-state index contributed by atoms with van der Waals surface area (Å²) in [6.07, 6.45) is 41.9. The molecule has 0 bridgehead atoms. The Hall–Kier alpha value is -1.94. The molecular weight excluding hydrogens is 1100 g/mol. The number of rotatable bonds is 64. The molecule has 0 radical (unpaired) electrons. The predicted octanol–water partition coefficient (Wildman–Crippen LogP) is 17.8. The molecule has 17 nitrogen and oxygen atoms in total. The number of hydrogen-bond donors (Lipinski definition) is 3. The van der Waals surface area contributed by atoms with Crippen LogP contribution in [-0.2, 0) is 65.4 Å². The number of carbonyl (C=O) groups excluding carboxylic acids is 4. The van der Waals surface area contributed by atoms with Gasteiger partial charge >= 0.3 is 39.5 Å². The van der Waals surface area contributed by atoms with Gasteiger partial charge in [0.05, 0.1) is 26.4 Å². The Morgan fingerprint density at radius 1 is 0.325 bits per heavy atom. The van der Waals surface area contributed by atoms with E-state index in [2.05, 4.69) is 34.6 Å². The number of aliphatic hydroxyl groups is 1. The molecule has 0 amide bonds. The Morgan fingerprint density at radius 2 is 0.554 bits per heavy atom. The van der Waals surface area contributed by atoms with E-state index < -0.39 is 97.5 Å². The molecule has 0 rings (SSSR count). The van der Waals surface area contributed by atoms with Crippen molar-refractivity contribution in [2.75, 3.05) is 39.6 Å². The van der Waals surface area contributed by atoms with Gasteiger partial charge in [-0.3, -0.25) is 37.3 Å². The minimum atomic E-state index is -4.94. The second-order valence-corrected chi connectivity index (χ2v) is 26.5. The largest absolute Gasteiger partial charge is 0.472 e. The third-order valence-electron chi connectivity index (χ3n) is 14.8. The van der Waals surface area contributed by atoms with Gasteiger partial charge in [-0.2, -0.15) is 0 Å². The third kappa shape index (κ3) is 58.8. The van der Waals surface area contributed by atoms with E-state index in [4.69, 9.17) is 37.0 Å². The Labute approximate surface area is 505 Å². The quantitative estimate of drug-likeness (QED) is 0.0222. The first-order valence-corrected chi connectivity index (χ1v) is 36.6. The van der Waals surface area contributed by atoms with E-state index in [9.17, 15) is 43.2 Å². The molecule has 0 fully saturated rings. The summed E-state index contributed by atoms with van der Waals surface area (Å²) >= 11 is 0. The predicted molar refractivity (Wildman–Crippen MR) is 331 cm³/mol. The lowest BCUT2D eigenvalue weighted by Crippen LogP contribution is -2.30. The molecular formula is C64H124O17P2. The molecule has 0 spiro atoms. The van der Waals surface area contributed by atoms with E-state index in [0.29, 0.717) is 25.7 Å². The molecule has 19 heteroatoms. The van der Waals surface area contributed by atoms with Gasteiger partial charge < -0.3 is 33.8 Å². The zero-order valence-electron chi connectivity index (χ0n) is 53.3. The smallest absolute Gasteiger partial charge is 0.462 e. The monoisotopic (exact) mass is 1230 g/mol. The van der Waals surface area contributed by atoms with Crippen LogP contribution in [0.3, 0.4) is 0 Å². The summed E-state index contributed by atoms with van der Waals surface area (Å²) in [5, 5.41) is 10.5. The van der Waals surface area contributed by atoms with Gasteiger partial charge in [-0.25, -0.2) is 9.13 Å². The number of aliphatic hydroxyl groups excluding tert-OH is 1. The number of phosphoric acid groups is 2. The van der Waals surface area contributed by atoms with Crippen molar-refractivity contribution in [2.24, 2.45) is 5.92 Å². The molecule has 0 aromatic carbocycles. The highest BCUT2D eigenvalue weighted by atomic mass is 31.2. The SMILES string of the molecule is CCCCCCCCCCCCCC(=O)OC[C@H](COP(=O)(O)OC[C@@H](O)COP(=O)(O)OC[C@@H](COC(=O)CCCCCCC)OC(=O)CCCCCCCCCCCCC)OC(=O)CCCCCCCCCCCCCCCC(C)C. The molecule has 5 atom stereocenters. The molecule has 0 saturated heterocycles. The minimum absolute atomic E-state index is 0.106. The van der Waals surface area contributed by atoms with Crippen molar-refractivity contribution >= 4 is 39.5 Å². The average molecular weight is 1230 g/mol. The lowest BCUT2D eigenvalue weighted by Gasteiger charge is -2.21. The fraction of sp³-hybridized carbons (Fsp3) is 0.938. The van der Waals surface area contributed by atoms with E-state index in [1.165, 1.54) is 141 Å². The van der Waals surface area contributed by atoms with Crippen LogP contribution in [0.15, 0.2) is 0 Å². The zero-order valence-corrected chi connectivity index (χ0v) is 55.1. The van der Waals surface area contributed by atoms with Crippen molar-refractivity contribution in [3.63, 3.8) is 0 Å². The zero-order chi connectivity index (χ0) is 61.3. The Morgan fingerprint density at radius 3 is 0.819 bits per heavy atom. The van der Waals surface area contributed by atoms with Gasteiger partial charge in [-0.15, -0.1) is 0 Å². The number of phosphoric ester groups is 2. The molecule has 492 valence electrons. The first-order valence-electron chi connectivity index (χ1n) is 33.6. The maximum Gasteiger partial charge on any atom is 0.472 e. The topological polar surface area (TPSA) is 237 Å². The second-order valence-electron chi connectivity index (χ2n) is 23.6. The number of carbonyl (C=O) groups is 4. The Kier molecular flexibility index (Phi) is 56.4. The van der Waals surface area contributed by atoms with Crippen molar-refractivity contribution in [1.29, 1.82) is 0 Å². The summed E-state index contributed by atoms with van der Waals surface area (Å²) in [7, 11) is -9.88. The van der Waals surface area contributed by atoms with Gasteiger partial charge in [0.25, 0.3) is 0 Å². The average Bonchev–Trinajstić information content (AvgIpc) is 3.47. The maximum atomic E-state index is 13.0. The van der Waals surface area contributed by atoms with Crippen LogP contribution in [-0.4, -0.2) is 96.7 Å².